The van der Waals surface area contributed by atoms with E-state index in [1.165, 1.54) is 12.0 Å². The Bertz CT molecular complexity index is 549. The van der Waals surface area contributed by atoms with Crippen LogP contribution in [-0.2, 0) is 4.84 Å². The highest BCUT2D eigenvalue weighted by Crippen LogP contribution is 2.48. The second-order valence-electron chi connectivity index (χ2n) is 8.59. The zero-order valence-corrected chi connectivity index (χ0v) is 15.8. The maximum atomic E-state index is 13.4. The molecule has 0 radical (unpaired) electrons. The summed E-state index contributed by atoms with van der Waals surface area (Å²) in [5, 5.41) is 15.3. The minimum absolute atomic E-state index is 0.0318. The molecular weight excluding hydrogens is 314 g/mol. The SMILES string of the molecule is CC(C)N1CCC(ON2C=CC34CCCC[N+]3([O-])CCCC4=C2)CC1. The van der Waals surface area contributed by atoms with E-state index in [-0.39, 0.29) is 16.3 Å². The first-order chi connectivity index (χ1) is 12.0. The minimum atomic E-state index is -0.294. The fourth-order valence-electron chi connectivity index (χ4n) is 5.27. The van der Waals surface area contributed by atoms with E-state index in [4.69, 9.17) is 4.84 Å². The monoisotopic (exact) mass is 347 g/mol. The van der Waals surface area contributed by atoms with E-state index in [1.807, 2.05) is 11.3 Å². The number of piperidine rings is 3. The Balaban J connectivity index is 1.43. The van der Waals surface area contributed by atoms with Gasteiger partial charge in [0.15, 0.2) is 0 Å². The van der Waals surface area contributed by atoms with Gasteiger partial charge in [0, 0.05) is 49.9 Å². The highest BCUT2D eigenvalue weighted by atomic mass is 16.7. The Hall–Kier alpha value is -0.880. The first kappa shape index (κ1) is 17.5. The lowest BCUT2D eigenvalue weighted by Gasteiger charge is -2.62. The smallest absolute Gasteiger partial charge is 0.143 e. The van der Waals surface area contributed by atoms with Crippen LogP contribution >= 0.6 is 0 Å². The first-order valence-electron chi connectivity index (χ1n) is 10.2. The minimum Gasteiger partial charge on any atom is -0.632 e. The molecule has 3 fully saturated rings. The Morgan fingerprint density at radius 2 is 1.96 bits per heavy atom. The molecule has 4 aliphatic rings. The van der Waals surface area contributed by atoms with Crippen molar-refractivity contribution in [1.29, 1.82) is 0 Å². The van der Waals surface area contributed by atoms with Crippen molar-refractivity contribution in [2.75, 3.05) is 26.2 Å². The maximum Gasteiger partial charge on any atom is 0.143 e. The molecule has 4 heterocycles. The molecule has 4 aliphatic heterocycles. The summed E-state index contributed by atoms with van der Waals surface area (Å²) in [5.41, 5.74) is 1.01. The van der Waals surface area contributed by atoms with Gasteiger partial charge in [0.2, 0.25) is 0 Å². The van der Waals surface area contributed by atoms with E-state index in [0.29, 0.717) is 6.04 Å². The van der Waals surface area contributed by atoms with Crippen molar-refractivity contribution in [2.45, 2.75) is 76.5 Å². The van der Waals surface area contributed by atoms with Crippen LogP contribution in [0.3, 0.4) is 0 Å². The molecule has 0 N–H and O–H groups in total. The zero-order valence-electron chi connectivity index (χ0n) is 15.8. The van der Waals surface area contributed by atoms with Gasteiger partial charge in [-0.25, -0.2) is 5.06 Å². The van der Waals surface area contributed by atoms with Crippen molar-refractivity contribution < 1.29 is 9.48 Å². The van der Waals surface area contributed by atoms with Crippen LogP contribution < -0.4 is 0 Å². The number of hydrogen-bond donors (Lipinski definition) is 0. The van der Waals surface area contributed by atoms with Crippen LogP contribution in [-0.4, -0.2) is 58.5 Å². The molecule has 0 bridgehead atoms. The number of likely N-dealkylation sites (tertiary alicyclic amines) is 1. The van der Waals surface area contributed by atoms with Crippen molar-refractivity contribution >= 4 is 0 Å². The largest absolute Gasteiger partial charge is 0.632 e. The molecule has 2 unspecified atom stereocenters. The normalized spacial score (nSPS) is 37.0. The van der Waals surface area contributed by atoms with Crippen LogP contribution in [0.1, 0.15) is 58.8 Å². The zero-order chi connectivity index (χ0) is 17.5. The van der Waals surface area contributed by atoms with Crippen LogP contribution in [0.4, 0.5) is 0 Å². The predicted molar refractivity (Wildman–Crippen MR) is 99.1 cm³/mol. The number of nitrogens with zero attached hydrogens (tertiary/aromatic N) is 3. The van der Waals surface area contributed by atoms with E-state index in [0.717, 1.165) is 64.7 Å². The van der Waals surface area contributed by atoms with Crippen molar-refractivity contribution in [1.82, 2.24) is 9.96 Å². The summed E-state index contributed by atoms with van der Waals surface area (Å²) in [6.07, 6.45) is 14.1. The average molecular weight is 348 g/mol. The Labute approximate surface area is 152 Å². The van der Waals surface area contributed by atoms with E-state index < -0.39 is 0 Å². The fourth-order valence-corrected chi connectivity index (χ4v) is 5.27. The third-order valence-electron chi connectivity index (χ3n) is 6.83. The standard InChI is InChI=1S/C20H33N3O2/c1-17(2)21-11-7-19(8-12-21)25-22-13-10-20-9-3-4-14-23(20,24)15-5-6-18(20)16-22/h10,13,16-17,19H,3-9,11-12,14-15H2,1-2H3. The summed E-state index contributed by atoms with van der Waals surface area (Å²) in [7, 11) is 0. The van der Waals surface area contributed by atoms with Gasteiger partial charge in [-0.15, -0.1) is 0 Å². The molecule has 1 spiro atoms. The number of rotatable bonds is 3. The van der Waals surface area contributed by atoms with Gasteiger partial charge in [0.25, 0.3) is 0 Å². The van der Waals surface area contributed by atoms with Gasteiger partial charge < -0.3 is 14.8 Å². The molecule has 0 aromatic heterocycles. The molecule has 3 saturated heterocycles. The molecule has 2 atom stereocenters. The highest BCUT2D eigenvalue weighted by Gasteiger charge is 2.51. The quantitative estimate of drug-likeness (QED) is 0.578. The van der Waals surface area contributed by atoms with Crippen LogP contribution in [0.25, 0.3) is 0 Å². The summed E-state index contributed by atoms with van der Waals surface area (Å²) in [4.78, 5) is 8.77. The van der Waals surface area contributed by atoms with E-state index in [1.54, 1.807) is 0 Å². The van der Waals surface area contributed by atoms with Gasteiger partial charge in [0.05, 0.1) is 19.2 Å². The summed E-state index contributed by atoms with van der Waals surface area (Å²) in [6, 6.07) is 0.620. The molecule has 0 aromatic carbocycles. The van der Waals surface area contributed by atoms with Crippen molar-refractivity contribution in [3.63, 3.8) is 0 Å². The lowest BCUT2D eigenvalue weighted by molar-refractivity contribution is -0.928. The van der Waals surface area contributed by atoms with Gasteiger partial charge in [-0.1, -0.05) is 0 Å². The molecule has 4 rings (SSSR count). The number of hydrogen-bond acceptors (Lipinski definition) is 4. The molecule has 5 nitrogen and oxygen atoms in total. The molecule has 0 aliphatic carbocycles. The van der Waals surface area contributed by atoms with Crippen molar-refractivity contribution in [3.05, 3.63) is 29.3 Å². The molecule has 25 heavy (non-hydrogen) atoms. The molecule has 5 heteroatoms. The van der Waals surface area contributed by atoms with Crippen LogP contribution in [0.5, 0.6) is 0 Å². The molecule has 0 aromatic rings. The van der Waals surface area contributed by atoms with Gasteiger partial charge in [-0.05, 0) is 52.0 Å². The van der Waals surface area contributed by atoms with Gasteiger partial charge in [-0.3, -0.25) is 4.84 Å². The third kappa shape index (κ3) is 3.05. The second-order valence-corrected chi connectivity index (χ2v) is 8.59. The van der Waals surface area contributed by atoms with E-state index >= 15 is 0 Å². The molecule has 140 valence electrons. The van der Waals surface area contributed by atoms with Crippen LogP contribution in [0.2, 0.25) is 0 Å². The summed E-state index contributed by atoms with van der Waals surface area (Å²) in [6.45, 7) is 8.30. The molecule has 0 amide bonds. The van der Waals surface area contributed by atoms with Gasteiger partial charge >= 0.3 is 0 Å². The van der Waals surface area contributed by atoms with Crippen molar-refractivity contribution in [3.8, 4) is 0 Å². The fraction of sp³-hybridized carbons (Fsp3) is 0.800. The topological polar surface area (TPSA) is 38.8 Å². The van der Waals surface area contributed by atoms with E-state index in [2.05, 4.69) is 31.0 Å². The van der Waals surface area contributed by atoms with Gasteiger partial charge in [0.1, 0.15) is 5.54 Å². The number of hydroxylamine groups is 5. The van der Waals surface area contributed by atoms with Crippen LogP contribution in [0.15, 0.2) is 24.0 Å². The maximum absolute atomic E-state index is 13.4. The Morgan fingerprint density at radius 1 is 1.20 bits per heavy atom. The summed E-state index contributed by atoms with van der Waals surface area (Å²) >= 11 is 0. The van der Waals surface area contributed by atoms with Crippen molar-refractivity contribution in [2.24, 2.45) is 0 Å². The van der Waals surface area contributed by atoms with E-state index in [9.17, 15) is 5.21 Å². The second kappa shape index (κ2) is 6.69. The van der Waals surface area contributed by atoms with Crippen LogP contribution in [0, 0.1) is 5.21 Å². The predicted octanol–water partition coefficient (Wildman–Crippen LogP) is 3.54. The Morgan fingerprint density at radius 3 is 2.72 bits per heavy atom. The average Bonchev–Trinajstić information content (AvgIpc) is 2.61. The van der Waals surface area contributed by atoms with Gasteiger partial charge in [-0.2, -0.15) is 0 Å². The lowest BCUT2D eigenvalue weighted by atomic mass is 9.74. The summed E-state index contributed by atoms with van der Waals surface area (Å²) in [5.74, 6) is 0. The summed E-state index contributed by atoms with van der Waals surface area (Å²) < 4.78 is -0.0318. The Kier molecular flexibility index (Phi) is 4.69. The molecule has 0 saturated carbocycles. The lowest BCUT2D eigenvalue weighted by Crippen LogP contribution is -2.66. The number of quaternary nitrogens is 1. The highest BCUT2D eigenvalue weighted by molar-refractivity contribution is 5.31. The first-order valence-corrected chi connectivity index (χ1v) is 10.2. The molecular formula is C20H33N3O2. The third-order valence-corrected chi connectivity index (χ3v) is 6.83.